The van der Waals surface area contributed by atoms with Crippen molar-refractivity contribution >= 4 is 26.7 Å². The zero-order valence-corrected chi connectivity index (χ0v) is 19.1. The highest BCUT2D eigenvalue weighted by atomic mass is 32.2. The van der Waals surface area contributed by atoms with Crippen molar-refractivity contribution in [2.75, 3.05) is 31.1 Å². The molecule has 8 heteroatoms. The molecule has 3 aromatic rings. The summed E-state index contributed by atoms with van der Waals surface area (Å²) in [5, 5.41) is 0.116. The summed E-state index contributed by atoms with van der Waals surface area (Å²) in [5.41, 5.74) is 3.15. The van der Waals surface area contributed by atoms with E-state index >= 15 is 0 Å². The van der Waals surface area contributed by atoms with Gasteiger partial charge in [-0.1, -0.05) is 66.2 Å². The molecule has 1 unspecified atom stereocenters. The molecule has 1 saturated heterocycles. The van der Waals surface area contributed by atoms with Gasteiger partial charge in [-0.05, 0) is 18.1 Å². The Labute approximate surface area is 188 Å². The predicted octanol–water partition coefficient (Wildman–Crippen LogP) is 3.82. The molecule has 0 N–H and O–H groups in total. The van der Waals surface area contributed by atoms with Crippen molar-refractivity contribution in [2.45, 2.75) is 18.6 Å². The van der Waals surface area contributed by atoms with Gasteiger partial charge in [-0.25, -0.2) is 13.4 Å². The van der Waals surface area contributed by atoms with E-state index in [-0.39, 0.29) is 0 Å². The maximum Gasteiger partial charge on any atom is 0.224 e. The molecule has 0 aliphatic carbocycles. The van der Waals surface area contributed by atoms with Crippen LogP contribution in [0.4, 0.5) is 5.13 Å². The lowest BCUT2D eigenvalue weighted by atomic mass is 10.1. The van der Waals surface area contributed by atoms with Crippen LogP contribution in [0.3, 0.4) is 0 Å². The second-order valence-corrected chi connectivity index (χ2v) is 10.4. The summed E-state index contributed by atoms with van der Waals surface area (Å²) in [6.07, 6.45) is 2.21. The zero-order chi connectivity index (χ0) is 21.8. The summed E-state index contributed by atoms with van der Waals surface area (Å²) in [5.74, 6) is 0.801. The number of piperazine rings is 1. The highest BCUT2D eigenvalue weighted by Crippen LogP contribution is 2.28. The maximum atomic E-state index is 13.2. The van der Waals surface area contributed by atoms with Crippen LogP contribution in [0.1, 0.15) is 27.8 Å². The summed E-state index contributed by atoms with van der Waals surface area (Å²) in [4.78, 5) is 6.81. The molecular formula is C23H26N4O2S2. The molecular weight excluding hydrogens is 428 g/mol. The lowest BCUT2D eigenvalue weighted by molar-refractivity contribution is 0.382. The van der Waals surface area contributed by atoms with Crippen LogP contribution in [0.15, 0.2) is 67.3 Å². The van der Waals surface area contributed by atoms with Gasteiger partial charge in [-0.15, -0.1) is 6.58 Å². The number of rotatable bonds is 7. The summed E-state index contributed by atoms with van der Waals surface area (Å²) in [7, 11) is -3.52. The van der Waals surface area contributed by atoms with E-state index in [4.69, 9.17) is 0 Å². The molecule has 1 aliphatic heterocycles. The highest BCUT2D eigenvalue weighted by molar-refractivity contribution is 7.89. The van der Waals surface area contributed by atoms with Crippen molar-refractivity contribution in [1.29, 1.82) is 0 Å². The quantitative estimate of drug-likeness (QED) is 0.508. The van der Waals surface area contributed by atoms with Crippen LogP contribution in [0.25, 0.3) is 0 Å². The molecule has 2 aromatic carbocycles. The van der Waals surface area contributed by atoms with E-state index in [1.807, 2.05) is 30.3 Å². The third-order valence-corrected chi connectivity index (χ3v) is 8.48. The van der Waals surface area contributed by atoms with Gasteiger partial charge in [0, 0.05) is 44.1 Å². The molecule has 31 heavy (non-hydrogen) atoms. The van der Waals surface area contributed by atoms with Crippen molar-refractivity contribution < 1.29 is 8.42 Å². The second-order valence-electron chi connectivity index (χ2n) is 7.65. The van der Waals surface area contributed by atoms with Gasteiger partial charge in [0.15, 0.2) is 0 Å². The van der Waals surface area contributed by atoms with Gasteiger partial charge in [0.1, 0.15) is 11.1 Å². The fraction of sp³-hybridized carbons (Fsp3) is 0.304. The summed E-state index contributed by atoms with van der Waals surface area (Å²) in [6.45, 7) is 7.87. The molecule has 1 aromatic heterocycles. The number of aryl methyl sites for hydroxylation is 1. The number of sulfonamides is 1. The number of hydrogen-bond acceptors (Lipinski definition) is 6. The fourth-order valence-corrected chi connectivity index (χ4v) is 6.17. The number of anilines is 1. The lowest BCUT2D eigenvalue weighted by Gasteiger charge is -2.35. The minimum absolute atomic E-state index is 0.423. The molecule has 6 nitrogen and oxygen atoms in total. The number of hydrogen-bond donors (Lipinski definition) is 0. The van der Waals surface area contributed by atoms with E-state index in [0.717, 1.165) is 16.5 Å². The first-order valence-corrected chi connectivity index (χ1v) is 12.5. The number of benzene rings is 2. The number of nitrogens with zero attached hydrogens (tertiary/aromatic N) is 4. The molecule has 4 rings (SSSR count). The molecule has 1 fully saturated rings. The average molecular weight is 455 g/mol. The fourth-order valence-electron chi connectivity index (χ4n) is 3.70. The Morgan fingerprint density at radius 2 is 1.74 bits per heavy atom. The van der Waals surface area contributed by atoms with E-state index in [2.05, 4.69) is 52.0 Å². The third-order valence-electron chi connectivity index (χ3n) is 5.47. The highest BCUT2D eigenvalue weighted by Gasteiger charge is 2.34. The lowest BCUT2D eigenvalue weighted by Crippen LogP contribution is -2.49. The first-order chi connectivity index (χ1) is 15.0. The van der Waals surface area contributed by atoms with Crippen molar-refractivity contribution in [3.8, 4) is 0 Å². The second kappa shape index (κ2) is 9.30. The van der Waals surface area contributed by atoms with Crippen LogP contribution < -0.4 is 4.90 Å². The average Bonchev–Trinajstić information content (AvgIpc) is 3.25. The predicted molar refractivity (Wildman–Crippen MR) is 126 cm³/mol. The van der Waals surface area contributed by atoms with Crippen molar-refractivity contribution in [1.82, 2.24) is 13.7 Å². The van der Waals surface area contributed by atoms with Gasteiger partial charge in [0.05, 0.1) is 0 Å². The minimum atomic E-state index is -3.52. The van der Waals surface area contributed by atoms with Crippen LogP contribution in [0.5, 0.6) is 0 Å². The number of aromatic nitrogens is 2. The zero-order valence-electron chi connectivity index (χ0n) is 17.5. The standard InChI is InChI=1S/C23H26N4O2S2/c1-3-21(20-7-5-4-6-8-20)31(28,29)27-15-13-26(14-16-27)23-24-22(25-30-23)17-19-11-9-18(2)10-12-19/h3-12,21H,1,13-17H2,2H3. The van der Waals surface area contributed by atoms with Crippen LogP contribution in [-0.4, -0.2) is 48.3 Å². The van der Waals surface area contributed by atoms with Crippen LogP contribution in [0, 0.1) is 6.92 Å². The normalized spacial score (nSPS) is 16.2. The first-order valence-electron chi connectivity index (χ1n) is 10.3. The SMILES string of the molecule is C=CC(c1ccccc1)S(=O)(=O)N1CCN(c2nc(Cc3ccc(C)cc3)ns2)CC1. The van der Waals surface area contributed by atoms with E-state index in [1.54, 1.807) is 4.31 Å². The molecule has 0 saturated carbocycles. The Hall–Kier alpha value is -2.55. The van der Waals surface area contributed by atoms with E-state index in [9.17, 15) is 8.42 Å². The van der Waals surface area contributed by atoms with Crippen LogP contribution in [-0.2, 0) is 16.4 Å². The topological polar surface area (TPSA) is 66.4 Å². The third kappa shape index (κ3) is 4.87. The van der Waals surface area contributed by atoms with E-state index in [1.165, 1.54) is 28.7 Å². The molecule has 2 heterocycles. The summed E-state index contributed by atoms with van der Waals surface area (Å²) in [6, 6.07) is 17.6. The Morgan fingerprint density at radius 1 is 1.06 bits per heavy atom. The van der Waals surface area contributed by atoms with Gasteiger partial charge in [0.25, 0.3) is 0 Å². The maximum absolute atomic E-state index is 13.2. The van der Waals surface area contributed by atoms with Crippen molar-refractivity contribution in [3.05, 3.63) is 89.8 Å². The van der Waals surface area contributed by atoms with E-state index in [0.29, 0.717) is 32.6 Å². The van der Waals surface area contributed by atoms with Crippen molar-refractivity contribution in [3.63, 3.8) is 0 Å². The van der Waals surface area contributed by atoms with E-state index < -0.39 is 15.3 Å². The largest absolute Gasteiger partial charge is 0.344 e. The molecule has 162 valence electrons. The molecule has 0 amide bonds. The molecule has 0 radical (unpaired) electrons. The first kappa shape index (κ1) is 21.7. The Bertz CT molecular complexity index is 1120. The Balaban J connectivity index is 1.40. The summed E-state index contributed by atoms with van der Waals surface area (Å²) < 4.78 is 32.5. The monoisotopic (exact) mass is 454 g/mol. The molecule has 0 spiro atoms. The Kier molecular flexibility index (Phi) is 6.50. The van der Waals surface area contributed by atoms with Crippen LogP contribution in [0.2, 0.25) is 0 Å². The molecule has 0 bridgehead atoms. The summed E-state index contributed by atoms with van der Waals surface area (Å²) >= 11 is 1.38. The smallest absolute Gasteiger partial charge is 0.224 e. The minimum Gasteiger partial charge on any atom is -0.344 e. The Morgan fingerprint density at radius 3 is 2.39 bits per heavy atom. The van der Waals surface area contributed by atoms with Crippen molar-refractivity contribution in [2.24, 2.45) is 0 Å². The molecule has 1 aliphatic rings. The van der Waals surface area contributed by atoms with Crippen LogP contribution >= 0.6 is 11.5 Å². The van der Waals surface area contributed by atoms with Gasteiger partial charge in [-0.2, -0.15) is 8.68 Å². The van der Waals surface area contributed by atoms with Gasteiger partial charge >= 0.3 is 0 Å². The van der Waals surface area contributed by atoms with Gasteiger partial charge in [0.2, 0.25) is 15.2 Å². The van der Waals surface area contributed by atoms with Gasteiger partial charge < -0.3 is 4.90 Å². The van der Waals surface area contributed by atoms with Gasteiger partial charge in [-0.3, -0.25) is 0 Å². The molecule has 1 atom stereocenters.